The highest BCUT2D eigenvalue weighted by atomic mass is 32.2. The van der Waals surface area contributed by atoms with Gasteiger partial charge in [0.2, 0.25) is 11.9 Å². The third-order valence-electron chi connectivity index (χ3n) is 3.98. The number of methoxy groups -OCH3 is 2. The largest absolute Gasteiger partial charge is 0.497 e. The topological polar surface area (TPSA) is 131 Å². The van der Waals surface area contributed by atoms with Crippen LogP contribution in [0.15, 0.2) is 23.4 Å². The third kappa shape index (κ3) is 5.53. The van der Waals surface area contributed by atoms with Gasteiger partial charge in [0.05, 0.1) is 32.3 Å². The Labute approximate surface area is 173 Å². The Morgan fingerprint density at radius 1 is 1.24 bits per heavy atom. The summed E-state index contributed by atoms with van der Waals surface area (Å²) in [4.78, 5) is 24.7. The summed E-state index contributed by atoms with van der Waals surface area (Å²) in [5.41, 5.74) is 6.41. The molecule has 0 aliphatic heterocycles. The van der Waals surface area contributed by atoms with Crippen LogP contribution in [0.3, 0.4) is 0 Å². The molecule has 3 N–H and O–H groups in total. The number of thioether (sulfide) groups is 1. The van der Waals surface area contributed by atoms with Crippen LogP contribution in [0.4, 0.5) is 11.6 Å². The van der Waals surface area contributed by atoms with Crippen molar-refractivity contribution >= 4 is 35.3 Å². The van der Waals surface area contributed by atoms with Gasteiger partial charge in [0.1, 0.15) is 17.5 Å². The van der Waals surface area contributed by atoms with Gasteiger partial charge in [-0.3, -0.25) is 14.2 Å². The van der Waals surface area contributed by atoms with E-state index in [0.717, 1.165) is 11.8 Å². The van der Waals surface area contributed by atoms with Crippen LogP contribution in [0.2, 0.25) is 0 Å². The molecule has 11 heteroatoms. The third-order valence-corrected chi connectivity index (χ3v) is 4.90. The summed E-state index contributed by atoms with van der Waals surface area (Å²) < 4.78 is 16.9. The molecule has 0 aliphatic rings. The quantitative estimate of drug-likeness (QED) is 0.436. The summed E-state index contributed by atoms with van der Waals surface area (Å²) in [6.07, 6.45) is 0.424. The van der Waals surface area contributed by atoms with E-state index < -0.39 is 6.04 Å². The number of anilines is 2. The Kier molecular flexibility index (Phi) is 8.13. The molecule has 2 rings (SSSR count). The van der Waals surface area contributed by atoms with Crippen LogP contribution >= 0.6 is 11.8 Å². The molecule has 1 heterocycles. The number of carbonyl (C=O) groups is 2. The second-order valence-corrected chi connectivity index (χ2v) is 6.73. The van der Waals surface area contributed by atoms with Gasteiger partial charge in [0.25, 0.3) is 0 Å². The van der Waals surface area contributed by atoms with Crippen LogP contribution in [0, 0.1) is 0 Å². The molecular weight excluding hydrogens is 398 g/mol. The number of hydrogen-bond donors (Lipinski definition) is 2. The summed E-state index contributed by atoms with van der Waals surface area (Å²) in [6, 6.07) is 4.40. The molecule has 1 atom stereocenters. The van der Waals surface area contributed by atoms with Gasteiger partial charge in [-0.05, 0) is 25.5 Å². The molecule has 0 radical (unpaired) electrons. The summed E-state index contributed by atoms with van der Waals surface area (Å²) >= 11 is 1.11. The van der Waals surface area contributed by atoms with Crippen molar-refractivity contribution in [2.75, 3.05) is 37.6 Å². The number of esters is 1. The number of nitrogens with one attached hydrogen (secondary N) is 1. The summed E-state index contributed by atoms with van der Waals surface area (Å²) in [7, 11) is 3.05. The standard InChI is InChI=1S/C18H25N5O5S/c1-5-13(16(25)20-12-9-11(26-3)7-8-14(12)27-4)23-17(19)21-22-18(23)29-10-15(24)28-6-2/h7-9,13H,5-6,10H2,1-4H3,(H2,19,21)(H,20,25). The van der Waals surface area contributed by atoms with Crippen molar-refractivity contribution < 1.29 is 23.8 Å². The first-order valence-corrected chi connectivity index (χ1v) is 9.95. The lowest BCUT2D eigenvalue weighted by Crippen LogP contribution is -2.27. The molecule has 29 heavy (non-hydrogen) atoms. The maximum absolute atomic E-state index is 13.0. The first kappa shape index (κ1) is 22.3. The number of hydrogen-bond acceptors (Lipinski definition) is 9. The molecule has 0 aliphatic carbocycles. The van der Waals surface area contributed by atoms with Crippen molar-refractivity contribution in [3.05, 3.63) is 18.2 Å². The molecule has 158 valence electrons. The van der Waals surface area contributed by atoms with E-state index >= 15 is 0 Å². The lowest BCUT2D eigenvalue weighted by molar-refractivity contribution is -0.139. The van der Waals surface area contributed by atoms with Gasteiger partial charge in [0, 0.05) is 6.07 Å². The van der Waals surface area contributed by atoms with Crippen LogP contribution < -0.4 is 20.5 Å². The van der Waals surface area contributed by atoms with Crippen molar-refractivity contribution in [1.82, 2.24) is 14.8 Å². The summed E-state index contributed by atoms with van der Waals surface area (Å²) in [6.45, 7) is 3.86. The van der Waals surface area contributed by atoms with Gasteiger partial charge < -0.3 is 25.3 Å². The molecule has 1 amide bonds. The Hall–Kier alpha value is -2.95. The van der Waals surface area contributed by atoms with Gasteiger partial charge in [-0.15, -0.1) is 10.2 Å². The molecule has 0 saturated heterocycles. The number of aromatic nitrogens is 3. The van der Waals surface area contributed by atoms with Crippen molar-refractivity contribution in [3.8, 4) is 11.5 Å². The van der Waals surface area contributed by atoms with E-state index in [1.807, 2.05) is 6.92 Å². The number of ether oxygens (including phenoxy) is 3. The maximum atomic E-state index is 13.0. The van der Waals surface area contributed by atoms with Crippen LogP contribution in [-0.4, -0.2) is 53.2 Å². The zero-order valence-corrected chi connectivity index (χ0v) is 17.6. The van der Waals surface area contributed by atoms with Crippen LogP contribution in [0.5, 0.6) is 11.5 Å². The number of nitrogen functional groups attached to an aromatic ring is 1. The lowest BCUT2D eigenvalue weighted by Gasteiger charge is -2.20. The summed E-state index contributed by atoms with van der Waals surface area (Å²) in [5.74, 6) is 0.461. The van der Waals surface area contributed by atoms with E-state index in [9.17, 15) is 9.59 Å². The monoisotopic (exact) mass is 423 g/mol. The van der Waals surface area contributed by atoms with Gasteiger partial charge in [0.15, 0.2) is 5.16 Å². The van der Waals surface area contributed by atoms with E-state index in [1.54, 1.807) is 25.1 Å². The average Bonchev–Trinajstić information content (AvgIpc) is 3.07. The molecule has 0 spiro atoms. The summed E-state index contributed by atoms with van der Waals surface area (Å²) in [5, 5.41) is 11.0. The number of carbonyl (C=O) groups excluding carboxylic acids is 2. The molecule has 10 nitrogen and oxygen atoms in total. The fraction of sp³-hybridized carbons (Fsp3) is 0.444. The lowest BCUT2D eigenvalue weighted by atomic mass is 10.2. The van der Waals surface area contributed by atoms with E-state index in [-0.39, 0.29) is 30.2 Å². The van der Waals surface area contributed by atoms with Gasteiger partial charge >= 0.3 is 5.97 Å². The van der Waals surface area contributed by atoms with Crippen molar-refractivity contribution in [2.45, 2.75) is 31.5 Å². The zero-order valence-electron chi connectivity index (χ0n) is 16.8. The van der Waals surface area contributed by atoms with E-state index in [4.69, 9.17) is 19.9 Å². The van der Waals surface area contributed by atoms with E-state index in [0.29, 0.717) is 28.8 Å². The molecule has 0 bridgehead atoms. The zero-order chi connectivity index (χ0) is 21.4. The number of nitrogens with two attached hydrogens (primary N) is 1. The second kappa shape index (κ2) is 10.6. The van der Waals surface area contributed by atoms with Gasteiger partial charge in [-0.1, -0.05) is 18.7 Å². The highest BCUT2D eigenvalue weighted by molar-refractivity contribution is 7.99. The molecule has 2 aromatic rings. The Morgan fingerprint density at radius 2 is 2.00 bits per heavy atom. The number of benzene rings is 1. The first-order valence-electron chi connectivity index (χ1n) is 8.96. The highest BCUT2D eigenvalue weighted by Gasteiger charge is 2.26. The minimum atomic E-state index is -0.689. The minimum absolute atomic E-state index is 0.0355. The molecular formula is C18H25N5O5S. The van der Waals surface area contributed by atoms with Gasteiger partial charge in [-0.2, -0.15) is 0 Å². The van der Waals surface area contributed by atoms with Crippen molar-refractivity contribution in [1.29, 1.82) is 0 Å². The average molecular weight is 423 g/mol. The molecule has 1 aromatic carbocycles. The number of rotatable bonds is 10. The minimum Gasteiger partial charge on any atom is -0.497 e. The van der Waals surface area contributed by atoms with Crippen LogP contribution in [0.25, 0.3) is 0 Å². The molecule has 0 fully saturated rings. The smallest absolute Gasteiger partial charge is 0.316 e. The second-order valence-electron chi connectivity index (χ2n) is 5.78. The number of amides is 1. The molecule has 0 saturated carbocycles. The molecule has 1 aromatic heterocycles. The fourth-order valence-electron chi connectivity index (χ4n) is 2.62. The van der Waals surface area contributed by atoms with Crippen molar-refractivity contribution in [2.24, 2.45) is 0 Å². The van der Waals surface area contributed by atoms with Crippen LogP contribution in [0.1, 0.15) is 26.3 Å². The predicted molar refractivity (Wildman–Crippen MR) is 109 cm³/mol. The van der Waals surface area contributed by atoms with Gasteiger partial charge in [-0.25, -0.2) is 0 Å². The SMILES string of the molecule is CCOC(=O)CSc1nnc(N)n1C(CC)C(=O)Nc1cc(OC)ccc1OC. The maximum Gasteiger partial charge on any atom is 0.316 e. The molecule has 1 unspecified atom stereocenters. The van der Waals surface area contributed by atoms with Crippen molar-refractivity contribution in [3.63, 3.8) is 0 Å². The van der Waals surface area contributed by atoms with Crippen LogP contribution in [-0.2, 0) is 14.3 Å². The Bertz CT molecular complexity index is 857. The Morgan fingerprint density at radius 3 is 2.62 bits per heavy atom. The van der Waals surface area contributed by atoms with E-state index in [2.05, 4.69) is 15.5 Å². The fourth-order valence-corrected chi connectivity index (χ4v) is 3.41. The first-order chi connectivity index (χ1) is 13.9. The number of nitrogens with zero attached hydrogens (tertiary/aromatic N) is 3. The highest BCUT2D eigenvalue weighted by Crippen LogP contribution is 2.31. The van der Waals surface area contributed by atoms with E-state index in [1.165, 1.54) is 18.8 Å². The Balaban J connectivity index is 2.24. The normalized spacial score (nSPS) is 11.6. The predicted octanol–water partition coefficient (Wildman–Crippen LogP) is 2.12.